The third kappa shape index (κ3) is 4.13. The molecule has 8 nitrogen and oxygen atoms in total. The van der Waals surface area contributed by atoms with Gasteiger partial charge in [0.15, 0.2) is 17.5 Å². The summed E-state index contributed by atoms with van der Waals surface area (Å²) in [6.45, 7) is 4.15. The summed E-state index contributed by atoms with van der Waals surface area (Å²) < 4.78 is 31.3. The number of hydrogen-bond donors (Lipinski definition) is 1. The van der Waals surface area contributed by atoms with E-state index in [0.29, 0.717) is 50.2 Å². The average Bonchev–Trinajstić information content (AvgIpc) is 2.65. The fourth-order valence-electron chi connectivity index (χ4n) is 2.51. The van der Waals surface area contributed by atoms with Gasteiger partial charge in [-0.1, -0.05) is 0 Å². The van der Waals surface area contributed by atoms with Crippen LogP contribution in [-0.2, 0) is 4.74 Å². The predicted octanol–water partition coefficient (Wildman–Crippen LogP) is 2.17. The number of piperazine rings is 1. The quantitative estimate of drug-likeness (QED) is 0.890. The zero-order valence-corrected chi connectivity index (χ0v) is 14.2. The molecule has 1 aliphatic rings. The van der Waals surface area contributed by atoms with Crippen LogP contribution in [0.25, 0.3) is 0 Å². The van der Waals surface area contributed by atoms with Gasteiger partial charge in [-0.25, -0.2) is 13.6 Å². The number of aromatic nitrogens is 3. The minimum Gasteiger partial charge on any atom is -0.450 e. The van der Waals surface area contributed by atoms with Crippen LogP contribution in [0.2, 0.25) is 0 Å². The smallest absolute Gasteiger partial charge is 0.409 e. The van der Waals surface area contributed by atoms with E-state index in [1.165, 1.54) is 12.3 Å². The molecule has 0 aliphatic carbocycles. The molecular formula is C16H18F2N6O2. The van der Waals surface area contributed by atoms with Crippen molar-refractivity contribution < 1.29 is 18.3 Å². The molecule has 2 aromatic rings. The van der Waals surface area contributed by atoms with Crippen LogP contribution in [0.3, 0.4) is 0 Å². The van der Waals surface area contributed by atoms with Crippen LogP contribution in [0.15, 0.2) is 24.4 Å². The van der Waals surface area contributed by atoms with Gasteiger partial charge >= 0.3 is 6.09 Å². The van der Waals surface area contributed by atoms with Crippen LogP contribution in [0.5, 0.6) is 0 Å². The first-order valence-electron chi connectivity index (χ1n) is 8.15. The van der Waals surface area contributed by atoms with Crippen molar-refractivity contribution in [1.82, 2.24) is 20.1 Å². The van der Waals surface area contributed by atoms with Gasteiger partial charge in [-0.3, -0.25) is 0 Å². The molecule has 1 aromatic heterocycles. The molecular weight excluding hydrogens is 346 g/mol. The van der Waals surface area contributed by atoms with Crippen molar-refractivity contribution in [1.29, 1.82) is 0 Å². The lowest BCUT2D eigenvalue weighted by atomic mass is 10.3. The van der Waals surface area contributed by atoms with E-state index in [1.54, 1.807) is 11.8 Å². The summed E-state index contributed by atoms with van der Waals surface area (Å²) in [4.78, 5) is 19.6. The third-order valence-corrected chi connectivity index (χ3v) is 3.83. The summed E-state index contributed by atoms with van der Waals surface area (Å²) in [6, 6.07) is 3.47. The van der Waals surface area contributed by atoms with Crippen molar-refractivity contribution in [2.24, 2.45) is 0 Å². The highest BCUT2D eigenvalue weighted by Gasteiger charge is 2.23. The Hall–Kier alpha value is -3.04. The van der Waals surface area contributed by atoms with Crippen LogP contribution < -0.4 is 10.2 Å². The molecule has 2 heterocycles. The summed E-state index contributed by atoms with van der Waals surface area (Å²) in [5, 5.41) is 10.8. The number of carbonyl (C=O) groups excluding carboxylic acids is 1. The zero-order valence-electron chi connectivity index (χ0n) is 14.2. The van der Waals surface area contributed by atoms with Gasteiger partial charge in [0.1, 0.15) is 0 Å². The van der Waals surface area contributed by atoms with Crippen LogP contribution in [-0.4, -0.2) is 59.0 Å². The van der Waals surface area contributed by atoms with E-state index in [-0.39, 0.29) is 6.09 Å². The van der Waals surface area contributed by atoms with Gasteiger partial charge in [-0.15, -0.1) is 5.10 Å². The molecule has 0 saturated carbocycles. The lowest BCUT2D eigenvalue weighted by Crippen LogP contribution is -2.49. The van der Waals surface area contributed by atoms with Gasteiger partial charge in [0, 0.05) is 37.9 Å². The predicted molar refractivity (Wildman–Crippen MR) is 90.3 cm³/mol. The van der Waals surface area contributed by atoms with E-state index < -0.39 is 11.6 Å². The Kier molecular flexibility index (Phi) is 5.40. The Labute approximate surface area is 148 Å². The van der Waals surface area contributed by atoms with E-state index in [0.717, 1.165) is 12.1 Å². The Morgan fingerprint density at radius 2 is 2.00 bits per heavy atom. The van der Waals surface area contributed by atoms with Crippen LogP contribution in [0.1, 0.15) is 6.92 Å². The maximum absolute atomic E-state index is 13.3. The second-order valence-corrected chi connectivity index (χ2v) is 5.57. The summed E-state index contributed by atoms with van der Waals surface area (Å²) >= 11 is 0. The van der Waals surface area contributed by atoms with Crippen molar-refractivity contribution in [2.45, 2.75) is 6.92 Å². The first-order chi connectivity index (χ1) is 12.6. The zero-order chi connectivity index (χ0) is 18.5. The number of halogens is 2. The number of hydrogen-bond acceptors (Lipinski definition) is 7. The number of ether oxygens (including phenoxy) is 1. The highest BCUT2D eigenvalue weighted by molar-refractivity contribution is 5.68. The van der Waals surface area contributed by atoms with Crippen molar-refractivity contribution in [2.75, 3.05) is 43.0 Å². The molecule has 1 aromatic carbocycles. The lowest BCUT2D eigenvalue weighted by molar-refractivity contribution is 0.105. The largest absolute Gasteiger partial charge is 0.450 e. The molecule has 0 spiro atoms. The number of nitrogens with zero attached hydrogens (tertiary/aromatic N) is 5. The molecule has 0 bridgehead atoms. The Morgan fingerprint density at radius 3 is 2.69 bits per heavy atom. The topological polar surface area (TPSA) is 83.5 Å². The Bertz CT molecular complexity index is 783. The molecule has 10 heteroatoms. The molecule has 1 fully saturated rings. The maximum Gasteiger partial charge on any atom is 0.409 e. The summed E-state index contributed by atoms with van der Waals surface area (Å²) in [5.74, 6) is -1.13. The molecule has 0 atom stereocenters. The molecule has 0 unspecified atom stereocenters. The maximum atomic E-state index is 13.3. The first-order valence-corrected chi connectivity index (χ1v) is 8.15. The lowest BCUT2D eigenvalue weighted by Gasteiger charge is -2.33. The molecule has 0 radical (unpaired) electrons. The molecule has 1 amide bonds. The average molecular weight is 364 g/mol. The molecule has 26 heavy (non-hydrogen) atoms. The monoisotopic (exact) mass is 364 g/mol. The fraction of sp³-hybridized carbons (Fsp3) is 0.375. The van der Waals surface area contributed by atoms with Crippen molar-refractivity contribution in [3.8, 4) is 0 Å². The summed E-state index contributed by atoms with van der Waals surface area (Å²) in [7, 11) is 0. The number of benzene rings is 1. The SMILES string of the molecule is CCOC(=O)N1CCN(c2nncc(Nc3ccc(F)c(F)c3)n2)CC1. The molecule has 138 valence electrons. The van der Waals surface area contributed by atoms with Crippen LogP contribution >= 0.6 is 0 Å². The third-order valence-electron chi connectivity index (χ3n) is 3.83. The second kappa shape index (κ2) is 7.89. The fourth-order valence-corrected chi connectivity index (χ4v) is 2.51. The van der Waals surface area contributed by atoms with Crippen molar-refractivity contribution in [3.63, 3.8) is 0 Å². The molecule has 1 saturated heterocycles. The minimum atomic E-state index is -0.952. The van der Waals surface area contributed by atoms with Gasteiger partial charge in [0.2, 0.25) is 5.95 Å². The highest BCUT2D eigenvalue weighted by Crippen LogP contribution is 2.19. The van der Waals surface area contributed by atoms with E-state index >= 15 is 0 Å². The van der Waals surface area contributed by atoms with Gasteiger partial charge in [0.05, 0.1) is 12.8 Å². The number of rotatable bonds is 4. The number of amides is 1. The van der Waals surface area contributed by atoms with E-state index in [9.17, 15) is 13.6 Å². The highest BCUT2D eigenvalue weighted by atomic mass is 19.2. The number of carbonyl (C=O) groups is 1. The van der Waals surface area contributed by atoms with E-state index in [4.69, 9.17) is 4.74 Å². The second-order valence-electron chi connectivity index (χ2n) is 5.57. The molecule has 1 aliphatic heterocycles. The Balaban J connectivity index is 1.64. The minimum absolute atomic E-state index is 0.333. The van der Waals surface area contributed by atoms with Crippen LogP contribution in [0, 0.1) is 11.6 Å². The van der Waals surface area contributed by atoms with Crippen LogP contribution in [0.4, 0.5) is 31.0 Å². The number of nitrogens with one attached hydrogen (secondary N) is 1. The summed E-state index contributed by atoms with van der Waals surface area (Å²) in [5.41, 5.74) is 0.350. The van der Waals surface area contributed by atoms with E-state index in [1.807, 2.05) is 4.90 Å². The normalized spacial score (nSPS) is 14.3. The van der Waals surface area contributed by atoms with E-state index in [2.05, 4.69) is 20.5 Å². The standard InChI is InChI=1S/C16H18F2N6O2/c1-2-26-16(25)24-7-5-23(6-8-24)15-21-14(10-19-22-15)20-11-3-4-12(17)13(18)9-11/h3-4,9-10H,2,5-8H2,1H3,(H,20,21,22). The molecule has 1 N–H and O–H groups in total. The van der Waals surface area contributed by atoms with Gasteiger partial charge in [0.25, 0.3) is 0 Å². The first kappa shape index (κ1) is 17.8. The van der Waals surface area contributed by atoms with Crippen molar-refractivity contribution in [3.05, 3.63) is 36.0 Å². The van der Waals surface area contributed by atoms with Gasteiger partial charge in [-0.05, 0) is 19.1 Å². The van der Waals surface area contributed by atoms with Gasteiger partial charge < -0.3 is 19.9 Å². The van der Waals surface area contributed by atoms with Gasteiger partial charge in [-0.2, -0.15) is 10.1 Å². The number of anilines is 3. The summed E-state index contributed by atoms with van der Waals surface area (Å²) in [6.07, 6.45) is 1.06. The Morgan fingerprint density at radius 1 is 1.23 bits per heavy atom. The molecule has 3 rings (SSSR count). The van der Waals surface area contributed by atoms with Crippen molar-refractivity contribution >= 4 is 23.5 Å².